The number of para-hydroxylation sites is 1. The van der Waals surface area contributed by atoms with Crippen LogP contribution >= 0.6 is 0 Å². The van der Waals surface area contributed by atoms with Crippen LogP contribution in [0.2, 0.25) is 0 Å². The SMILES string of the molecule is CC.CC(C)N(C)C.CCC.CN(C)c1ccccc1. The molecule has 0 aliphatic carbocycles. The molecule has 0 bridgehead atoms. The molecule has 0 saturated heterocycles. The molecule has 0 fully saturated rings. The van der Waals surface area contributed by atoms with Crippen LogP contribution in [-0.2, 0) is 0 Å². The quantitative estimate of drug-likeness (QED) is 0.740. The molecule has 0 radical (unpaired) electrons. The maximum Gasteiger partial charge on any atom is 0.0360 e. The molecule has 20 heavy (non-hydrogen) atoms. The molecule has 0 amide bonds. The van der Waals surface area contributed by atoms with Crippen molar-refractivity contribution in [3.05, 3.63) is 30.3 Å². The predicted octanol–water partition coefficient (Wildman–Crippen LogP) is 5.15. The Labute approximate surface area is 128 Å². The van der Waals surface area contributed by atoms with Gasteiger partial charge < -0.3 is 9.80 Å². The summed E-state index contributed by atoms with van der Waals surface area (Å²) in [5.74, 6) is 0. The Morgan fingerprint density at radius 3 is 1.30 bits per heavy atom. The lowest BCUT2D eigenvalue weighted by molar-refractivity contribution is 0.335. The molecular formula is C18H38N2. The highest BCUT2D eigenvalue weighted by Gasteiger charge is 1.90. The van der Waals surface area contributed by atoms with Gasteiger partial charge in [0.2, 0.25) is 0 Å². The summed E-state index contributed by atoms with van der Waals surface area (Å²) >= 11 is 0. The van der Waals surface area contributed by atoms with Gasteiger partial charge in [0.25, 0.3) is 0 Å². The minimum Gasteiger partial charge on any atom is -0.378 e. The maximum atomic E-state index is 2.17. The van der Waals surface area contributed by atoms with Gasteiger partial charge in [0.05, 0.1) is 0 Å². The van der Waals surface area contributed by atoms with Gasteiger partial charge in [-0.05, 0) is 40.1 Å². The van der Waals surface area contributed by atoms with Crippen LogP contribution in [0.15, 0.2) is 30.3 Å². The molecule has 0 spiro atoms. The van der Waals surface area contributed by atoms with E-state index in [0.717, 1.165) is 0 Å². The largest absolute Gasteiger partial charge is 0.378 e. The van der Waals surface area contributed by atoms with E-state index in [1.54, 1.807) is 0 Å². The molecule has 2 heteroatoms. The first-order chi connectivity index (χ1) is 9.36. The average Bonchev–Trinajstić information content (AvgIpc) is 2.43. The zero-order valence-electron chi connectivity index (χ0n) is 15.6. The van der Waals surface area contributed by atoms with Gasteiger partial charge >= 0.3 is 0 Å². The molecule has 2 nitrogen and oxygen atoms in total. The predicted molar refractivity (Wildman–Crippen MR) is 96.9 cm³/mol. The van der Waals surface area contributed by atoms with Crippen molar-refractivity contribution in [2.75, 3.05) is 33.1 Å². The minimum atomic E-state index is 0.685. The van der Waals surface area contributed by atoms with Crippen LogP contribution in [0.3, 0.4) is 0 Å². The summed E-state index contributed by atoms with van der Waals surface area (Å²) in [6, 6.07) is 10.9. The van der Waals surface area contributed by atoms with Crippen molar-refractivity contribution in [1.82, 2.24) is 4.90 Å². The van der Waals surface area contributed by atoms with Gasteiger partial charge in [-0.15, -0.1) is 0 Å². The third-order valence-electron chi connectivity index (χ3n) is 2.31. The Hall–Kier alpha value is -1.02. The lowest BCUT2D eigenvalue weighted by Crippen LogP contribution is -2.20. The van der Waals surface area contributed by atoms with E-state index in [4.69, 9.17) is 0 Å². The number of hydrogen-bond acceptors (Lipinski definition) is 2. The zero-order valence-corrected chi connectivity index (χ0v) is 15.6. The molecular weight excluding hydrogens is 244 g/mol. The van der Waals surface area contributed by atoms with Crippen LogP contribution in [0.4, 0.5) is 5.69 Å². The van der Waals surface area contributed by atoms with E-state index < -0.39 is 0 Å². The fourth-order valence-corrected chi connectivity index (χ4v) is 0.726. The van der Waals surface area contributed by atoms with Crippen LogP contribution < -0.4 is 4.90 Å². The summed E-state index contributed by atoms with van der Waals surface area (Å²) in [6.07, 6.45) is 1.25. The van der Waals surface area contributed by atoms with Gasteiger partial charge in [-0.1, -0.05) is 52.3 Å². The lowest BCUT2D eigenvalue weighted by Gasteiger charge is -2.12. The van der Waals surface area contributed by atoms with E-state index in [1.807, 2.05) is 46.1 Å². The highest BCUT2D eigenvalue weighted by atomic mass is 15.1. The molecule has 1 aromatic rings. The molecule has 1 rings (SSSR count). The van der Waals surface area contributed by atoms with E-state index in [2.05, 4.69) is 63.7 Å². The second-order valence-electron chi connectivity index (χ2n) is 4.99. The lowest BCUT2D eigenvalue weighted by atomic mass is 10.3. The molecule has 0 N–H and O–H groups in total. The van der Waals surface area contributed by atoms with Gasteiger partial charge in [-0.2, -0.15) is 0 Å². The topological polar surface area (TPSA) is 6.48 Å². The molecule has 0 unspecified atom stereocenters. The van der Waals surface area contributed by atoms with Gasteiger partial charge in [0.15, 0.2) is 0 Å². The maximum absolute atomic E-state index is 2.17. The summed E-state index contributed by atoms with van der Waals surface area (Å²) in [5.41, 5.74) is 1.25. The average molecular weight is 283 g/mol. The Morgan fingerprint density at radius 1 is 0.850 bits per heavy atom. The molecule has 0 saturated carbocycles. The van der Waals surface area contributed by atoms with E-state index in [-0.39, 0.29) is 0 Å². The Balaban J connectivity index is -0.000000229. The van der Waals surface area contributed by atoms with Crippen molar-refractivity contribution in [3.8, 4) is 0 Å². The van der Waals surface area contributed by atoms with Crippen LogP contribution in [-0.4, -0.2) is 39.1 Å². The summed E-state index contributed by atoms with van der Waals surface area (Å²) in [5, 5.41) is 0. The monoisotopic (exact) mass is 282 g/mol. The Bertz CT molecular complexity index is 247. The van der Waals surface area contributed by atoms with Crippen molar-refractivity contribution in [3.63, 3.8) is 0 Å². The molecule has 0 aliphatic heterocycles. The fraction of sp³-hybridized carbons (Fsp3) is 0.667. The van der Waals surface area contributed by atoms with Crippen LogP contribution in [0.25, 0.3) is 0 Å². The molecule has 0 aliphatic rings. The Kier molecular flexibility index (Phi) is 21.6. The number of hydrogen-bond donors (Lipinski definition) is 0. The van der Waals surface area contributed by atoms with Crippen molar-refractivity contribution in [2.45, 2.75) is 54.0 Å². The number of benzene rings is 1. The fourth-order valence-electron chi connectivity index (χ4n) is 0.726. The van der Waals surface area contributed by atoms with Crippen LogP contribution in [0.5, 0.6) is 0 Å². The second-order valence-corrected chi connectivity index (χ2v) is 4.99. The van der Waals surface area contributed by atoms with Gasteiger partial charge in [0.1, 0.15) is 0 Å². The van der Waals surface area contributed by atoms with E-state index in [1.165, 1.54) is 12.1 Å². The summed E-state index contributed by atoms with van der Waals surface area (Å²) in [7, 11) is 8.22. The third kappa shape index (κ3) is 19.3. The summed E-state index contributed by atoms with van der Waals surface area (Å²) in [4.78, 5) is 4.25. The number of nitrogens with zero attached hydrogens (tertiary/aromatic N) is 2. The molecule has 0 heterocycles. The van der Waals surface area contributed by atoms with Crippen LogP contribution in [0.1, 0.15) is 48.0 Å². The number of anilines is 1. The first-order valence-corrected chi connectivity index (χ1v) is 7.75. The molecule has 120 valence electrons. The van der Waals surface area contributed by atoms with E-state index in [9.17, 15) is 0 Å². The highest BCUT2D eigenvalue weighted by molar-refractivity contribution is 5.43. The molecule has 0 atom stereocenters. The third-order valence-corrected chi connectivity index (χ3v) is 2.31. The second kappa shape index (κ2) is 18.0. The van der Waals surface area contributed by atoms with Crippen LogP contribution in [0, 0.1) is 0 Å². The molecule has 1 aromatic carbocycles. The van der Waals surface area contributed by atoms with Crippen molar-refractivity contribution in [1.29, 1.82) is 0 Å². The summed E-state index contributed by atoms with van der Waals surface area (Å²) in [6.45, 7) is 12.6. The van der Waals surface area contributed by atoms with Gasteiger partial charge in [-0.25, -0.2) is 0 Å². The number of rotatable bonds is 2. The first-order valence-electron chi connectivity index (χ1n) is 7.75. The first kappa shape index (κ1) is 24.0. The zero-order chi connectivity index (χ0) is 16.6. The minimum absolute atomic E-state index is 0.685. The van der Waals surface area contributed by atoms with Gasteiger partial charge in [0, 0.05) is 25.8 Å². The van der Waals surface area contributed by atoms with Gasteiger partial charge in [-0.3, -0.25) is 0 Å². The van der Waals surface area contributed by atoms with Crippen molar-refractivity contribution >= 4 is 5.69 Å². The smallest absolute Gasteiger partial charge is 0.0360 e. The van der Waals surface area contributed by atoms with E-state index >= 15 is 0 Å². The van der Waals surface area contributed by atoms with E-state index in [0.29, 0.717) is 6.04 Å². The standard InChI is InChI=1S/C8H11N.C5H13N.C3H8.C2H6/c1-9(2)8-6-4-3-5-7-8;1-5(2)6(3)4;1-3-2;1-2/h3-7H,1-2H3;5H,1-4H3;3H2,1-2H3;1-2H3. The molecule has 0 aromatic heterocycles. The van der Waals surface area contributed by atoms with Crippen molar-refractivity contribution < 1.29 is 0 Å². The Morgan fingerprint density at radius 2 is 1.15 bits per heavy atom. The highest BCUT2D eigenvalue weighted by Crippen LogP contribution is 2.07. The normalized spacial score (nSPS) is 8.60. The van der Waals surface area contributed by atoms with Crippen molar-refractivity contribution in [2.24, 2.45) is 0 Å². The summed E-state index contributed by atoms with van der Waals surface area (Å²) < 4.78 is 0.